The van der Waals surface area contributed by atoms with Gasteiger partial charge in [0.1, 0.15) is 5.82 Å². The normalized spacial score (nSPS) is 17.6. The molecule has 0 atom stereocenters. The van der Waals surface area contributed by atoms with Gasteiger partial charge in [-0.3, -0.25) is 4.90 Å². The Kier molecular flexibility index (Phi) is 2.66. The second-order valence-corrected chi connectivity index (χ2v) is 4.14. The maximum Gasteiger partial charge on any atom is 0.165 e. The Morgan fingerprint density at radius 1 is 1.29 bits per heavy atom. The monoisotopic (exact) mass is 233 g/mol. The average Bonchev–Trinajstić information content (AvgIpc) is 2.74. The molecule has 2 aromatic heterocycles. The van der Waals surface area contributed by atoms with Crippen LogP contribution in [0.3, 0.4) is 0 Å². The molecule has 17 heavy (non-hydrogen) atoms. The molecule has 0 saturated carbocycles. The SMILES string of the molecule is Nc1cccc2nc(CN3CCOCC3)nn12. The van der Waals surface area contributed by atoms with Crippen molar-refractivity contribution in [3.8, 4) is 0 Å². The van der Waals surface area contributed by atoms with Crippen LogP contribution in [0.4, 0.5) is 5.82 Å². The Labute approximate surface area is 99.0 Å². The highest BCUT2D eigenvalue weighted by Crippen LogP contribution is 2.09. The van der Waals surface area contributed by atoms with E-state index < -0.39 is 0 Å². The van der Waals surface area contributed by atoms with E-state index in [0.29, 0.717) is 5.82 Å². The van der Waals surface area contributed by atoms with Crippen molar-refractivity contribution in [3.63, 3.8) is 0 Å². The molecule has 1 aliphatic heterocycles. The molecule has 0 unspecified atom stereocenters. The zero-order valence-electron chi connectivity index (χ0n) is 9.54. The first kappa shape index (κ1) is 10.5. The molecule has 3 heterocycles. The smallest absolute Gasteiger partial charge is 0.165 e. The van der Waals surface area contributed by atoms with E-state index in [1.807, 2.05) is 18.2 Å². The molecule has 1 fully saturated rings. The van der Waals surface area contributed by atoms with Gasteiger partial charge in [0, 0.05) is 13.1 Å². The number of rotatable bonds is 2. The number of hydrogen-bond acceptors (Lipinski definition) is 5. The number of nitrogen functional groups attached to an aromatic ring is 1. The van der Waals surface area contributed by atoms with Gasteiger partial charge in [-0.1, -0.05) is 6.07 Å². The van der Waals surface area contributed by atoms with E-state index in [4.69, 9.17) is 10.5 Å². The van der Waals surface area contributed by atoms with Crippen LogP contribution in [0.15, 0.2) is 18.2 Å². The van der Waals surface area contributed by atoms with Gasteiger partial charge in [0.2, 0.25) is 0 Å². The van der Waals surface area contributed by atoms with Gasteiger partial charge < -0.3 is 10.5 Å². The number of morpholine rings is 1. The summed E-state index contributed by atoms with van der Waals surface area (Å²) in [6.07, 6.45) is 0. The quantitative estimate of drug-likeness (QED) is 0.799. The van der Waals surface area contributed by atoms with Crippen LogP contribution in [-0.2, 0) is 11.3 Å². The van der Waals surface area contributed by atoms with Crippen molar-refractivity contribution in [1.82, 2.24) is 19.5 Å². The van der Waals surface area contributed by atoms with E-state index in [1.165, 1.54) is 0 Å². The fourth-order valence-corrected chi connectivity index (χ4v) is 2.00. The van der Waals surface area contributed by atoms with Crippen LogP contribution >= 0.6 is 0 Å². The minimum atomic E-state index is 0.614. The van der Waals surface area contributed by atoms with Crippen molar-refractivity contribution in [3.05, 3.63) is 24.0 Å². The van der Waals surface area contributed by atoms with Gasteiger partial charge in [0.25, 0.3) is 0 Å². The molecule has 6 heteroatoms. The lowest BCUT2D eigenvalue weighted by Crippen LogP contribution is -2.35. The molecular weight excluding hydrogens is 218 g/mol. The molecule has 6 nitrogen and oxygen atoms in total. The van der Waals surface area contributed by atoms with Crippen LogP contribution in [0.25, 0.3) is 5.65 Å². The molecule has 0 bridgehead atoms. The van der Waals surface area contributed by atoms with Crippen molar-refractivity contribution >= 4 is 11.5 Å². The van der Waals surface area contributed by atoms with E-state index in [2.05, 4.69) is 15.0 Å². The van der Waals surface area contributed by atoms with Gasteiger partial charge in [0.05, 0.1) is 19.8 Å². The molecule has 0 radical (unpaired) electrons. The molecule has 0 spiro atoms. The number of fused-ring (bicyclic) bond motifs is 1. The second-order valence-electron chi connectivity index (χ2n) is 4.14. The zero-order valence-corrected chi connectivity index (χ0v) is 9.54. The molecule has 2 N–H and O–H groups in total. The first-order valence-corrected chi connectivity index (χ1v) is 5.73. The summed E-state index contributed by atoms with van der Waals surface area (Å²) in [6, 6.07) is 5.62. The number of aromatic nitrogens is 3. The van der Waals surface area contributed by atoms with Crippen LogP contribution in [0, 0.1) is 0 Å². The lowest BCUT2D eigenvalue weighted by Gasteiger charge is -2.25. The summed E-state index contributed by atoms with van der Waals surface area (Å²) < 4.78 is 6.98. The van der Waals surface area contributed by atoms with Crippen molar-refractivity contribution < 1.29 is 4.74 Å². The lowest BCUT2D eigenvalue weighted by atomic mass is 10.4. The summed E-state index contributed by atoms with van der Waals surface area (Å²) in [5.74, 6) is 1.42. The lowest BCUT2D eigenvalue weighted by molar-refractivity contribution is 0.0331. The number of ether oxygens (including phenoxy) is 1. The minimum absolute atomic E-state index is 0.614. The van der Waals surface area contributed by atoms with Crippen molar-refractivity contribution in [2.24, 2.45) is 0 Å². The number of nitrogens with two attached hydrogens (primary N) is 1. The second kappa shape index (κ2) is 4.31. The van der Waals surface area contributed by atoms with E-state index in [9.17, 15) is 0 Å². The highest BCUT2D eigenvalue weighted by atomic mass is 16.5. The highest BCUT2D eigenvalue weighted by Gasteiger charge is 2.13. The highest BCUT2D eigenvalue weighted by molar-refractivity contribution is 5.45. The third-order valence-electron chi connectivity index (χ3n) is 2.90. The maximum absolute atomic E-state index is 5.83. The minimum Gasteiger partial charge on any atom is -0.384 e. The Bertz CT molecular complexity index is 518. The summed E-state index contributed by atoms with van der Waals surface area (Å²) in [5.41, 5.74) is 6.63. The van der Waals surface area contributed by atoms with Crippen LogP contribution in [0.5, 0.6) is 0 Å². The molecule has 1 saturated heterocycles. The van der Waals surface area contributed by atoms with E-state index in [-0.39, 0.29) is 0 Å². The van der Waals surface area contributed by atoms with E-state index in [0.717, 1.165) is 44.3 Å². The number of anilines is 1. The topological polar surface area (TPSA) is 68.7 Å². The maximum atomic E-state index is 5.83. The fourth-order valence-electron chi connectivity index (χ4n) is 2.00. The summed E-state index contributed by atoms with van der Waals surface area (Å²) in [5, 5.41) is 4.40. The summed E-state index contributed by atoms with van der Waals surface area (Å²) in [6.45, 7) is 4.20. The number of nitrogens with zero attached hydrogens (tertiary/aromatic N) is 4. The van der Waals surface area contributed by atoms with E-state index in [1.54, 1.807) is 4.52 Å². The summed E-state index contributed by atoms with van der Waals surface area (Å²) >= 11 is 0. The first-order chi connectivity index (χ1) is 8.33. The number of hydrogen-bond donors (Lipinski definition) is 1. The largest absolute Gasteiger partial charge is 0.384 e. The van der Waals surface area contributed by atoms with Gasteiger partial charge in [0.15, 0.2) is 11.5 Å². The Hall–Kier alpha value is -1.66. The molecule has 2 aromatic rings. The van der Waals surface area contributed by atoms with Crippen molar-refractivity contribution in [2.75, 3.05) is 32.0 Å². The Morgan fingerprint density at radius 2 is 2.12 bits per heavy atom. The van der Waals surface area contributed by atoms with Crippen molar-refractivity contribution in [1.29, 1.82) is 0 Å². The molecular formula is C11H15N5O. The average molecular weight is 233 g/mol. The predicted octanol–water partition coefficient (Wildman–Crippen LogP) is 0.144. The fraction of sp³-hybridized carbons (Fsp3) is 0.455. The van der Waals surface area contributed by atoms with E-state index >= 15 is 0 Å². The third-order valence-corrected chi connectivity index (χ3v) is 2.90. The number of pyridine rings is 1. The third kappa shape index (κ3) is 2.09. The van der Waals surface area contributed by atoms with Gasteiger partial charge >= 0.3 is 0 Å². The standard InChI is InChI=1S/C11H15N5O/c12-9-2-1-3-11-13-10(14-16(9)11)8-15-4-6-17-7-5-15/h1-3H,4-8,12H2. The van der Waals surface area contributed by atoms with Crippen LogP contribution in [-0.4, -0.2) is 45.8 Å². The molecule has 0 aliphatic carbocycles. The van der Waals surface area contributed by atoms with Crippen LogP contribution in [0.1, 0.15) is 5.82 Å². The van der Waals surface area contributed by atoms with Gasteiger partial charge in [-0.25, -0.2) is 4.98 Å². The van der Waals surface area contributed by atoms with Crippen LogP contribution in [0.2, 0.25) is 0 Å². The molecule has 0 amide bonds. The summed E-state index contributed by atoms with van der Waals surface area (Å²) in [7, 11) is 0. The van der Waals surface area contributed by atoms with Gasteiger partial charge in [-0.2, -0.15) is 4.52 Å². The van der Waals surface area contributed by atoms with Gasteiger partial charge in [-0.15, -0.1) is 5.10 Å². The first-order valence-electron chi connectivity index (χ1n) is 5.73. The molecule has 0 aromatic carbocycles. The predicted molar refractivity (Wildman–Crippen MR) is 63.5 cm³/mol. The molecule has 1 aliphatic rings. The molecule has 3 rings (SSSR count). The van der Waals surface area contributed by atoms with Crippen molar-refractivity contribution in [2.45, 2.75) is 6.54 Å². The van der Waals surface area contributed by atoms with Gasteiger partial charge in [-0.05, 0) is 12.1 Å². The molecule has 90 valence electrons. The Balaban J connectivity index is 1.83. The zero-order chi connectivity index (χ0) is 11.7. The van der Waals surface area contributed by atoms with Crippen LogP contribution < -0.4 is 5.73 Å². The summed E-state index contributed by atoms with van der Waals surface area (Å²) in [4.78, 5) is 6.74. The Morgan fingerprint density at radius 3 is 2.88 bits per heavy atom.